The molecule has 2 heterocycles. The van der Waals surface area contributed by atoms with E-state index in [4.69, 9.17) is 23.2 Å². The van der Waals surface area contributed by atoms with Gasteiger partial charge in [0.15, 0.2) is 0 Å². The van der Waals surface area contributed by atoms with E-state index in [1.165, 1.54) is 12.1 Å². The van der Waals surface area contributed by atoms with Crippen molar-refractivity contribution in [2.75, 3.05) is 0 Å². The molecule has 0 spiro atoms. The first kappa shape index (κ1) is 13.6. The number of aromatic amines is 1. The van der Waals surface area contributed by atoms with Crippen LogP contribution < -0.4 is 4.87 Å². The van der Waals surface area contributed by atoms with Gasteiger partial charge in [0.05, 0.1) is 28.5 Å². The fraction of sp³-hybridized carbons (Fsp3) is 0.167. The van der Waals surface area contributed by atoms with Gasteiger partial charge in [-0.1, -0.05) is 22.9 Å². The second-order valence-corrected chi connectivity index (χ2v) is 5.69. The predicted octanol–water partition coefficient (Wildman–Crippen LogP) is 3.37. The molecule has 8 heteroatoms. The van der Waals surface area contributed by atoms with Crippen molar-refractivity contribution in [1.29, 1.82) is 0 Å². The largest absolute Gasteiger partial charge is 0.321 e. The number of thiazole rings is 1. The van der Waals surface area contributed by atoms with Crippen LogP contribution in [0.2, 0.25) is 5.02 Å². The number of H-pyrrole nitrogens is 1. The van der Waals surface area contributed by atoms with E-state index in [2.05, 4.69) is 9.97 Å². The number of halogens is 3. The Balaban J connectivity index is 2.16. The van der Waals surface area contributed by atoms with Gasteiger partial charge in [-0.2, -0.15) is 0 Å². The lowest BCUT2D eigenvalue weighted by molar-refractivity contribution is 0.629. The topological polar surface area (TPSA) is 50.7 Å². The van der Waals surface area contributed by atoms with E-state index < -0.39 is 5.82 Å². The van der Waals surface area contributed by atoms with Crippen LogP contribution in [0.25, 0.3) is 11.0 Å². The van der Waals surface area contributed by atoms with Gasteiger partial charge in [-0.3, -0.25) is 4.79 Å². The molecule has 20 heavy (non-hydrogen) atoms. The van der Waals surface area contributed by atoms with Crippen LogP contribution in [0.4, 0.5) is 4.39 Å². The summed E-state index contributed by atoms with van der Waals surface area (Å²) in [6.45, 7) is 0.402. The summed E-state index contributed by atoms with van der Waals surface area (Å²) in [5, 5.41) is 1.76. The smallest absolute Gasteiger partial charge is 0.304 e. The summed E-state index contributed by atoms with van der Waals surface area (Å²) >= 11 is 12.8. The van der Waals surface area contributed by atoms with E-state index in [-0.39, 0.29) is 15.8 Å². The quantitative estimate of drug-likeness (QED) is 0.748. The number of fused-ring (bicyclic) bond motifs is 1. The van der Waals surface area contributed by atoms with Crippen LogP contribution in [-0.4, -0.2) is 14.5 Å². The summed E-state index contributed by atoms with van der Waals surface area (Å²) in [6, 6.07) is 2.79. The van der Waals surface area contributed by atoms with Crippen LogP contribution in [0, 0.1) is 5.82 Å². The molecular weight excluding hydrogens is 324 g/mol. The lowest BCUT2D eigenvalue weighted by Crippen LogP contribution is -2.06. The number of alkyl halides is 1. The van der Waals surface area contributed by atoms with E-state index in [1.54, 1.807) is 5.38 Å². The maximum absolute atomic E-state index is 13.5. The van der Waals surface area contributed by atoms with Gasteiger partial charge in [0, 0.05) is 17.1 Å². The summed E-state index contributed by atoms with van der Waals surface area (Å²) in [7, 11) is 0. The molecule has 3 rings (SSSR count). The van der Waals surface area contributed by atoms with E-state index in [0.29, 0.717) is 23.4 Å². The third-order valence-electron chi connectivity index (χ3n) is 2.89. The van der Waals surface area contributed by atoms with Crippen molar-refractivity contribution in [3.05, 3.63) is 49.5 Å². The van der Waals surface area contributed by atoms with Crippen LogP contribution in [0.1, 0.15) is 11.5 Å². The highest BCUT2D eigenvalue weighted by atomic mass is 35.5. The Labute approximate surface area is 126 Å². The Morgan fingerprint density at radius 1 is 1.45 bits per heavy atom. The first-order valence-corrected chi connectivity index (χ1v) is 7.44. The van der Waals surface area contributed by atoms with E-state index >= 15 is 0 Å². The zero-order valence-electron chi connectivity index (χ0n) is 9.99. The molecule has 0 saturated carbocycles. The van der Waals surface area contributed by atoms with Crippen LogP contribution >= 0.6 is 34.5 Å². The second-order valence-electron chi connectivity index (χ2n) is 4.18. The lowest BCUT2D eigenvalue weighted by atomic mass is 10.3. The minimum Gasteiger partial charge on any atom is -0.321 e. The molecule has 104 valence electrons. The average molecular weight is 332 g/mol. The zero-order chi connectivity index (χ0) is 14.3. The van der Waals surface area contributed by atoms with Crippen LogP contribution in [0.3, 0.4) is 0 Å². The molecule has 1 aromatic carbocycles. The number of nitrogens with zero attached hydrogens (tertiary/aromatic N) is 2. The van der Waals surface area contributed by atoms with Crippen LogP contribution in [-0.2, 0) is 12.4 Å². The first-order valence-electron chi connectivity index (χ1n) is 5.65. The zero-order valence-corrected chi connectivity index (χ0v) is 12.3. The second kappa shape index (κ2) is 5.20. The monoisotopic (exact) mass is 331 g/mol. The fourth-order valence-corrected chi connectivity index (χ4v) is 2.94. The highest BCUT2D eigenvalue weighted by molar-refractivity contribution is 7.07. The summed E-state index contributed by atoms with van der Waals surface area (Å²) in [5.41, 5.74) is 1.91. The highest BCUT2D eigenvalue weighted by Gasteiger charge is 2.14. The van der Waals surface area contributed by atoms with Gasteiger partial charge in [0.2, 0.25) is 0 Å². The van der Waals surface area contributed by atoms with Crippen LogP contribution in [0.5, 0.6) is 0 Å². The molecule has 0 radical (unpaired) electrons. The summed E-state index contributed by atoms with van der Waals surface area (Å²) < 4.78 is 15.3. The summed E-state index contributed by atoms with van der Waals surface area (Å²) in [6.07, 6.45) is 0. The van der Waals surface area contributed by atoms with Gasteiger partial charge in [-0.05, 0) is 6.07 Å². The molecule has 3 aromatic rings. The van der Waals surface area contributed by atoms with Gasteiger partial charge in [0.1, 0.15) is 11.6 Å². The van der Waals surface area contributed by atoms with E-state index in [9.17, 15) is 9.18 Å². The van der Waals surface area contributed by atoms with Crippen LogP contribution in [0.15, 0.2) is 22.3 Å². The van der Waals surface area contributed by atoms with Crippen molar-refractivity contribution in [1.82, 2.24) is 14.5 Å². The number of nitrogens with one attached hydrogen (secondary N) is 1. The molecule has 0 amide bonds. The Hall–Kier alpha value is -1.37. The number of hydrogen-bond acceptors (Lipinski definition) is 3. The predicted molar refractivity (Wildman–Crippen MR) is 78.3 cm³/mol. The molecular formula is C12H8Cl2FN3OS. The van der Waals surface area contributed by atoms with Crippen molar-refractivity contribution < 1.29 is 4.39 Å². The molecule has 0 aliphatic rings. The Morgan fingerprint density at radius 3 is 2.90 bits per heavy atom. The fourth-order valence-electron chi connectivity index (χ4n) is 2.01. The van der Waals surface area contributed by atoms with Crippen molar-refractivity contribution in [2.24, 2.45) is 0 Å². The molecule has 0 saturated heterocycles. The molecule has 0 aliphatic heterocycles. The van der Waals surface area contributed by atoms with Crippen molar-refractivity contribution in [3.8, 4) is 0 Å². The highest BCUT2D eigenvalue weighted by Crippen LogP contribution is 2.25. The number of hydrogen-bond donors (Lipinski definition) is 1. The molecule has 0 atom stereocenters. The minimum atomic E-state index is -0.520. The third-order valence-corrected chi connectivity index (χ3v) is 4.14. The summed E-state index contributed by atoms with van der Waals surface area (Å²) in [5.74, 6) is 0.256. The standard InChI is InChI=1S/C12H8Cl2FN3OS/c13-3-11-17-9-2-8(15)7(14)1-10(9)18(11)4-6-5-20-12(19)16-6/h1-2,5H,3-4H2,(H,16,19). The van der Waals surface area contributed by atoms with Crippen molar-refractivity contribution in [3.63, 3.8) is 0 Å². The summed E-state index contributed by atoms with van der Waals surface area (Å²) in [4.78, 5) is 18.1. The van der Waals surface area contributed by atoms with Gasteiger partial charge < -0.3 is 9.55 Å². The molecule has 0 fully saturated rings. The molecule has 0 aliphatic carbocycles. The van der Waals surface area contributed by atoms with Crippen molar-refractivity contribution in [2.45, 2.75) is 12.4 Å². The number of imidazole rings is 1. The van der Waals surface area contributed by atoms with Crippen molar-refractivity contribution >= 4 is 45.6 Å². The van der Waals surface area contributed by atoms with E-state index in [1.807, 2.05) is 4.57 Å². The Bertz CT molecular complexity index is 839. The molecule has 2 aromatic heterocycles. The maximum atomic E-state index is 13.5. The Morgan fingerprint density at radius 2 is 2.25 bits per heavy atom. The number of rotatable bonds is 3. The maximum Gasteiger partial charge on any atom is 0.304 e. The number of benzene rings is 1. The van der Waals surface area contributed by atoms with Gasteiger partial charge >= 0.3 is 4.87 Å². The average Bonchev–Trinajstić information content (AvgIpc) is 2.96. The molecule has 0 unspecified atom stereocenters. The van der Waals surface area contributed by atoms with E-state index in [0.717, 1.165) is 17.0 Å². The first-order chi connectivity index (χ1) is 9.58. The molecule has 0 bridgehead atoms. The SMILES string of the molecule is O=c1[nH]c(Cn2c(CCl)nc3cc(F)c(Cl)cc32)cs1. The number of aromatic nitrogens is 3. The molecule has 1 N–H and O–H groups in total. The van der Waals surface area contributed by atoms with Gasteiger partial charge in [-0.25, -0.2) is 9.37 Å². The van der Waals surface area contributed by atoms with Gasteiger partial charge in [0.25, 0.3) is 0 Å². The minimum absolute atomic E-state index is 0.0265. The Kier molecular flexibility index (Phi) is 3.54. The normalized spacial score (nSPS) is 11.3. The molecule has 4 nitrogen and oxygen atoms in total. The lowest BCUT2D eigenvalue weighted by Gasteiger charge is -2.06. The third kappa shape index (κ3) is 2.34. The van der Waals surface area contributed by atoms with Gasteiger partial charge in [-0.15, -0.1) is 11.6 Å².